The third-order valence-corrected chi connectivity index (χ3v) is 4.01. The number of likely N-dealkylation sites (tertiary alicyclic amines) is 1. The van der Waals surface area contributed by atoms with E-state index in [1.165, 1.54) is 12.8 Å². The molecule has 1 aromatic rings. The third-order valence-electron chi connectivity index (χ3n) is 4.01. The number of hydrogen-bond donors (Lipinski definition) is 1. The van der Waals surface area contributed by atoms with Crippen LogP contribution in [0.5, 0.6) is 11.5 Å². The fraction of sp³-hybridized carbons (Fsp3) is 0.588. The minimum Gasteiger partial charge on any atom is -0.497 e. The molecule has 5 nitrogen and oxygen atoms in total. The van der Waals surface area contributed by atoms with E-state index >= 15 is 0 Å². The first-order valence-corrected chi connectivity index (χ1v) is 7.94. The SMILES string of the molecule is COc1ccc(OC(C)CN=C(N)N2CCC(C)CC2)cc1. The summed E-state index contributed by atoms with van der Waals surface area (Å²) < 4.78 is 11.0. The van der Waals surface area contributed by atoms with Crippen molar-refractivity contribution in [3.63, 3.8) is 0 Å². The zero-order valence-electron chi connectivity index (χ0n) is 13.8. The van der Waals surface area contributed by atoms with Crippen molar-refractivity contribution in [2.45, 2.75) is 32.8 Å². The van der Waals surface area contributed by atoms with E-state index in [0.717, 1.165) is 30.5 Å². The van der Waals surface area contributed by atoms with Gasteiger partial charge >= 0.3 is 0 Å². The van der Waals surface area contributed by atoms with Gasteiger partial charge in [0.2, 0.25) is 0 Å². The number of nitrogens with two attached hydrogens (primary N) is 1. The van der Waals surface area contributed by atoms with Gasteiger partial charge in [-0.1, -0.05) is 6.92 Å². The molecule has 22 heavy (non-hydrogen) atoms. The second-order valence-electron chi connectivity index (χ2n) is 5.97. The molecule has 0 aliphatic carbocycles. The molecule has 1 atom stereocenters. The predicted molar refractivity (Wildman–Crippen MR) is 89.5 cm³/mol. The topological polar surface area (TPSA) is 60.1 Å². The van der Waals surface area contributed by atoms with Crippen LogP contribution in [0, 0.1) is 5.92 Å². The van der Waals surface area contributed by atoms with E-state index < -0.39 is 0 Å². The molecule has 1 unspecified atom stereocenters. The van der Waals surface area contributed by atoms with Crippen LogP contribution in [0.4, 0.5) is 0 Å². The molecule has 0 saturated carbocycles. The smallest absolute Gasteiger partial charge is 0.191 e. The lowest BCUT2D eigenvalue weighted by Gasteiger charge is -2.31. The number of rotatable bonds is 5. The van der Waals surface area contributed by atoms with E-state index in [1.54, 1.807) is 7.11 Å². The van der Waals surface area contributed by atoms with Gasteiger partial charge in [0.1, 0.15) is 17.6 Å². The van der Waals surface area contributed by atoms with E-state index in [4.69, 9.17) is 15.2 Å². The van der Waals surface area contributed by atoms with Crippen molar-refractivity contribution < 1.29 is 9.47 Å². The Morgan fingerprint density at radius 1 is 1.27 bits per heavy atom. The molecule has 0 spiro atoms. The van der Waals surface area contributed by atoms with Gasteiger partial charge in [-0.2, -0.15) is 0 Å². The number of benzene rings is 1. The summed E-state index contributed by atoms with van der Waals surface area (Å²) in [4.78, 5) is 6.64. The molecule has 1 aliphatic heterocycles. The van der Waals surface area contributed by atoms with Gasteiger partial charge < -0.3 is 20.1 Å². The molecule has 0 amide bonds. The molecule has 0 bridgehead atoms. The van der Waals surface area contributed by atoms with Gasteiger partial charge in [0.25, 0.3) is 0 Å². The second kappa shape index (κ2) is 7.92. The summed E-state index contributed by atoms with van der Waals surface area (Å²) in [6.45, 7) is 6.85. The molecule has 1 saturated heterocycles. The first-order valence-electron chi connectivity index (χ1n) is 7.94. The third kappa shape index (κ3) is 4.83. The molecule has 122 valence electrons. The normalized spacial score (nSPS) is 18.1. The summed E-state index contributed by atoms with van der Waals surface area (Å²) in [5.74, 6) is 3.06. The van der Waals surface area contributed by atoms with Gasteiger partial charge in [0.05, 0.1) is 13.7 Å². The maximum atomic E-state index is 6.08. The van der Waals surface area contributed by atoms with Crippen LogP contribution in [-0.2, 0) is 0 Å². The summed E-state index contributed by atoms with van der Waals surface area (Å²) in [7, 11) is 1.65. The Balaban J connectivity index is 1.80. The highest BCUT2D eigenvalue weighted by Gasteiger charge is 2.17. The van der Waals surface area contributed by atoms with Gasteiger partial charge in [-0.3, -0.25) is 0 Å². The Morgan fingerprint density at radius 3 is 2.45 bits per heavy atom. The molecule has 1 heterocycles. The molecule has 1 fully saturated rings. The van der Waals surface area contributed by atoms with E-state index in [-0.39, 0.29) is 6.10 Å². The van der Waals surface area contributed by atoms with Crippen LogP contribution in [0.15, 0.2) is 29.3 Å². The molecular formula is C17H27N3O2. The van der Waals surface area contributed by atoms with Gasteiger partial charge in [-0.05, 0) is 49.9 Å². The van der Waals surface area contributed by atoms with Crippen LogP contribution in [-0.4, -0.2) is 43.7 Å². The van der Waals surface area contributed by atoms with Crippen molar-refractivity contribution >= 4 is 5.96 Å². The van der Waals surface area contributed by atoms with E-state index in [0.29, 0.717) is 12.5 Å². The molecule has 2 rings (SSSR count). The number of hydrogen-bond acceptors (Lipinski definition) is 3. The second-order valence-corrected chi connectivity index (χ2v) is 5.97. The van der Waals surface area contributed by atoms with Crippen LogP contribution < -0.4 is 15.2 Å². The van der Waals surface area contributed by atoms with E-state index in [1.807, 2.05) is 31.2 Å². The maximum Gasteiger partial charge on any atom is 0.191 e. The lowest BCUT2D eigenvalue weighted by Crippen LogP contribution is -2.43. The molecule has 1 aliphatic rings. The lowest BCUT2D eigenvalue weighted by molar-refractivity contribution is 0.228. The molecule has 1 aromatic carbocycles. The van der Waals surface area contributed by atoms with Gasteiger partial charge in [0.15, 0.2) is 5.96 Å². The van der Waals surface area contributed by atoms with Crippen molar-refractivity contribution in [3.05, 3.63) is 24.3 Å². The summed E-state index contributed by atoms with van der Waals surface area (Å²) >= 11 is 0. The Bertz CT molecular complexity index is 479. The number of piperidine rings is 1. The van der Waals surface area contributed by atoms with Crippen LogP contribution in [0.25, 0.3) is 0 Å². The van der Waals surface area contributed by atoms with Crippen LogP contribution in [0.2, 0.25) is 0 Å². The highest BCUT2D eigenvalue weighted by atomic mass is 16.5. The summed E-state index contributed by atoms with van der Waals surface area (Å²) in [5.41, 5.74) is 6.08. The average molecular weight is 305 g/mol. The minimum absolute atomic E-state index is 0.0179. The Labute approximate surface area is 133 Å². The zero-order valence-corrected chi connectivity index (χ0v) is 13.8. The van der Waals surface area contributed by atoms with Crippen molar-refractivity contribution in [2.75, 3.05) is 26.7 Å². The van der Waals surface area contributed by atoms with Crippen molar-refractivity contribution in [3.8, 4) is 11.5 Å². The monoisotopic (exact) mass is 305 g/mol. The quantitative estimate of drug-likeness (QED) is 0.671. The van der Waals surface area contributed by atoms with Crippen LogP contribution in [0.1, 0.15) is 26.7 Å². The summed E-state index contributed by atoms with van der Waals surface area (Å²) in [6, 6.07) is 7.56. The molecule has 5 heteroatoms. The zero-order chi connectivity index (χ0) is 15.9. The van der Waals surface area contributed by atoms with Crippen LogP contribution >= 0.6 is 0 Å². The standard InChI is InChI=1S/C17H27N3O2/c1-13-8-10-20(11-9-13)17(18)19-12-14(2)22-16-6-4-15(21-3)5-7-16/h4-7,13-14H,8-12H2,1-3H3,(H2,18,19). The average Bonchev–Trinajstić information content (AvgIpc) is 2.54. The largest absolute Gasteiger partial charge is 0.497 e. The summed E-state index contributed by atoms with van der Waals surface area (Å²) in [5, 5.41) is 0. The van der Waals surface area contributed by atoms with Gasteiger partial charge in [-0.15, -0.1) is 0 Å². The number of ether oxygens (including phenoxy) is 2. The van der Waals surface area contributed by atoms with E-state index in [9.17, 15) is 0 Å². The Hall–Kier alpha value is -1.91. The molecular weight excluding hydrogens is 278 g/mol. The van der Waals surface area contributed by atoms with Crippen molar-refractivity contribution in [1.29, 1.82) is 0 Å². The van der Waals surface area contributed by atoms with Gasteiger partial charge in [0, 0.05) is 13.1 Å². The molecule has 0 radical (unpaired) electrons. The highest BCUT2D eigenvalue weighted by molar-refractivity contribution is 5.78. The first-order chi connectivity index (χ1) is 10.6. The first kappa shape index (κ1) is 16.5. The fourth-order valence-corrected chi connectivity index (χ4v) is 2.48. The highest BCUT2D eigenvalue weighted by Crippen LogP contribution is 2.18. The number of methoxy groups -OCH3 is 1. The van der Waals surface area contributed by atoms with Crippen molar-refractivity contribution in [2.24, 2.45) is 16.6 Å². The van der Waals surface area contributed by atoms with E-state index in [2.05, 4.69) is 16.8 Å². The Morgan fingerprint density at radius 2 is 1.86 bits per heavy atom. The Kier molecular flexibility index (Phi) is 5.92. The molecule has 0 aromatic heterocycles. The number of aliphatic imine (C=N–C) groups is 1. The van der Waals surface area contributed by atoms with Crippen molar-refractivity contribution in [1.82, 2.24) is 4.90 Å². The number of nitrogens with zero attached hydrogens (tertiary/aromatic N) is 2. The van der Waals surface area contributed by atoms with Crippen LogP contribution in [0.3, 0.4) is 0 Å². The predicted octanol–water partition coefficient (Wildman–Crippen LogP) is 2.51. The maximum absolute atomic E-state index is 6.08. The minimum atomic E-state index is -0.0179. The number of guanidine groups is 1. The molecule has 2 N–H and O–H groups in total. The van der Waals surface area contributed by atoms with Gasteiger partial charge in [-0.25, -0.2) is 4.99 Å². The fourth-order valence-electron chi connectivity index (χ4n) is 2.48. The lowest BCUT2D eigenvalue weighted by atomic mass is 10.00. The summed E-state index contributed by atoms with van der Waals surface area (Å²) in [6.07, 6.45) is 2.36.